The molecule has 0 radical (unpaired) electrons. The summed E-state index contributed by atoms with van der Waals surface area (Å²) in [6.07, 6.45) is 4.39. The highest BCUT2D eigenvalue weighted by atomic mass is 15.3. The van der Waals surface area contributed by atoms with E-state index >= 15 is 0 Å². The molecule has 0 amide bonds. The average Bonchev–Trinajstić information content (AvgIpc) is 2.43. The molecule has 0 saturated carbocycles. The van der Waals surface area contributed by atoms with Crippen molar-refractivity contribution in [2.45, 2.75) is 47.1 Å². The SMILES string of the molecule is CCn1ncc(C)c1CCC(C)C. The third kappa shape index (κ3) is 2.58. The second-order valence-corrected chi connectivity index (χ2v) is 4.02. The summed E-state index contributed by atoms with van der Waals surface area (Å²) in [5.41, 5.74) is 2.75. The lowest BCUT2D eigenvalue weighted by molar-refractivity contribution is 0.547. The molecule has 13 heavy (non-hydrogen) atoms. The van der Waals surface area contributed by atoms with Gasteiger partial charge in [0.15, 0.2) is 0 Å². The molecule has 1 aromatic heterocycles. The maximum absolute atomic E-state index is 4.33. The van der Waals surface area contributed by atoms with Gasteiger partial charge in [0.2, 0.25) is 0 Å². The summed E-state index contributed by atoms with van der Waals surface area (Å²) in [7, 11) is 0. The summed E-state index contributed by atoms with van der Waals surface area (Å²) >= 11 is 0. The Morgan fingerprint density at radius 2 is 2.15 bits per heavy atom. The molecule has 0 spiro atoms. The molecule has 0 atom stereocenters. The Morgan fingerprint density at radius 3 is 2.69 bits per heavy atom. The molecule has 0 aromatic carbocycles. The summed E-state index contributed by atoms with van der Waals surface area (Å²) in [5.74, 6) is 0.777. The van der Waals surface area contributed by atoms with Crippen LogP contribution in [0.4, 0.5) is 0 Å². The fourth-order valence-corrected chi connectivity index (χ4v) is 1.53. The van der Waals surface area contributed by atoms with Crippen LogP contribution in [0.15, 0.2) is 6.20 Å². The summed E-state index contributed by atoms with van der Waals surface area (Å²) in [6, 6.07) is 0. The van der Waals surface area contributed by atoms with Gasteiger partial charge in [0.05, 0.1) is 6.20 Å². The van der Waals surface area contributed by atoms with E-state index in [1.54, 1.807) is 0 Å². The Balaban J connectivity index is 2.68. The molecule has 0 bridgehead atoms. The van der Waals surface area contributed by atoms with Gasteiger partial charge < -0.3 is 0 Å². The smallest absolute Gasteiger partial charge is 0.0521 e. The standard InChI is InChI=1S/C11H20N2/c1-5-13-11(7-6-9(2)3)10(4)8-12-13/h8-9H,5-7H2,1-4H3. The minimum Gasteiger partial charge on any atom is -0.270 e. The van der Waals surface area contributed by atoms with Crippen molar-refractivity contribution in [2.24, 2.45) is 5.92 Å². The molecule has 0 aliphatic heterocycles. The van der Waals surface area contributed by atoms with Gasteiger partial charge in [-0.3, -0.25) is 4.68 Å². The van der Waals surface area contributed by atoms with E-state index in [-0.39, 0.29) is 0 Å². The fourth-order valence-electron chi connectivity index (χ4n) is 1.53. The van der Waals surface area contributed by atoms with Crippen molar-refractivity contribution in [3.8, 4) is 0 Å². The van der Waals surface area contributed by atoms with Gasteiger partial charge in [-0.2, -0.15) is 5.10 Å². The Hall–Kier alpha value is -0.790. The number of aryl methyl sites for hydroxylation is 2. The quantitative estimate of drug-likeness (QED) is 0.696. The zero-order chi connectivity index (χ0) is 9.84. The average molecular weight is 180 g/mol. The van der Waals surface area contributed by atoms with E-state index in [0.29, 0.717) is 0 Å². The minimum absolute atomic E-state index is 0.777. The van der Waals surface area contributed by atoms with Crippen molar-refractivity contribution in [1.82, 2.24) is 9.78 Å². The fraction of sp³-hybridized carbons (Fsp3) is 0.727. The number of nitrogens with zero attached hydrogens (tertiary/aromatic N) is 2. The maximum Gasteiger partial charge on any atom is 0.0521 e. The first-order chi connectivity index (χ1) is 6.15. The molecule has 2 nitrogen and oxygen atoms in total. The molecule has 0 aliphatic rings. The monoisotopic (exact) mass is 180 g/mol. The van der Waals surface area contributed by atoms with Gasteiger partial charge in [0.1, 0.15) is 0 Å². The van der Waals surface area contributed by atoms with Crippen LogP contribution in [0, 0.1) is 12.8 Å². The second-order valence-electron chi connectivity index (χ2n) is 4.02. The molecule has 74 valence electrons. The van der Waals surface area contributed by atoms with Crippen molar-refractivity contribution >= 4 is 0 Å². The predicted octanol–water partition coefficient (Wildman–Crippen LogP) is 2.80. The van der Waals surface area contributed by atoms with E-state index in [1.165, 1.54) is 17.7 Å². The molecule has 0 N–H and O–H groups in total. The molecule has 0 aliphatic carbocycles. The highest BCUT2D eigenvalue weighted by molar-refractivity contribution is 5.15. The normalized spacial score (nSPS) is 11.2. The van der Waals surface area contributed by atoms with E-state index in [1.807, 2.05) is 6.20 Å². The minimum atomic E-state index is 0.777. The Bertz CT molecular complexity index is 261. The molecule has 1 aromatic rings. The Labute approximate surface area is 81.0 Å². The molecule has 2 heteroatoms. The van der Waals surface area contributed by atoms with Crippen LogP contribution in [-0.2, 0) is 13.0 Å². The number of hydrogen-bond acceptors (Lipinski definition) is 1. The predicted molar refractivity (Wildman–Crippen MR) is 55.8 cm³/mol. The molecule has 1 heterocycles. The number of rotatable bonds is 4. The first-order valence-electron chi connectivity index (χ1n) is 5.16. The highest BCUT2D eigenvalue weighted by Crippen LogP contribution is 2.12. The van der Waals surface area contributed by atoms with Crippen LogP contribution >= 0.6 is 0 Å². The van der Waals surface area contributed by atoms with Crippen LogP contribution in [0.5, 0.6) is 0 Å². The van der Waals surface area contributed by atoms with Crippen molar-refractivity contribution in [3.63, 3.8) is 0 Å². The van der Waals surface area contributed by atoms with Crippen LogP contribution in [0.25, 0.3) is 0 Å². The van der Waals surface area contributed by atoms with Crippen LogP contribution in [0.1, 0.15) is 38.4 Å². The first-order valence-corrected chi connectivity index (χ1v) is 5.16. The van der Waals surface area contributed by atoms with Gasteiger partial charge in [-0.25, -0.2) is 0 Å². The molecule has 0 unspecified atom stereocenters. The molecular formula is C11H20N2. The summed E-state index contributed by atoms with van der Waals surface area (Å²) < 4.78 is 2.11. The van der Waals surface area contributed by atoms with E-state index in [2.05, 4.69) is 37.5 Å². The molecule has 0 fully saturated rings. The Kier molecular flexibility index (Phi) is 3.52. The van der Waals surface area contributed by atoms with Crippen LogP contribution in [0.3, 0.4) is 0 Å². The summed E-state index contributed by atoms with van der Waals surface area (Å²) in [4.78, 5) is 0. The lowest BCUT2D eigenvalue weighted by Crippen LogP contribution is -2.04. The summed E-state index contributed by atoms with van der Waals surface area (Å²) in [5, 5.41) is 4.33. The third-order valence-corrected chi connectivity index (χ3v) is 2.42. The topological polar surface area (TPSA) is 17.8 Å². The maximum atomic E-state index is 4.33. The van der Waals surface area contributed by atoms with Gasteiger partial charge in [-0.1, -0.05) is 13.8 Å². The molecule has 1 rings (SSSR count). The van der Waals surface area contributed by atoms with Crippen molar-refractivity contribution in [2.75, 3.05) is 0 Å². The first kappa shape index (κ1) is 10.3. The van der Waals surface area contributed by atoms with Gasteiger partial charge in [0, 0.05) is 12.2 Å². The van der Waals surface area contributed by atoms with E-state index in [0.717, 1.165) is 18.9 Å². The Morgan fingerprint density at radius 1 is 1.46 bits per heavy atom. The zero-order valence-electron chi connectivity index (χ0n) is 9.17. The van der Waals surface area contributed by atoms with Crippen molar-refractivity contribution in [3.05, 3.63) is 17.5 Å². The van der Waals surface area contributed by atoms with E-state index < -0.39 is 0 Å². The van der Waals surface area contributed by atoms with Crippen molar-refractivity contribution < 1.29 is 0 Å². The number of aromatic nitrogens is 2. The second kappa shape index (κ2) is 4.45. The summed E-state index contributed by atoms with van der Waals surface area (Å²) in [6.45, 7) is 9.81. The zero-order valence-corrected chi connectivity index (χ0v) is 9.17. The third-order valence-electron chi connectivity index (χ3n) is 2.42. The largest absolute Gasteiger partial charge is 0.270 e. The molecular weight excluding hydrogens is 160 g/mol. The van der Waals surface area contributed by atoms with Crippen LogP contribution in [-0.4, -0.2) is 9.78 Å². The van der Waals surface area contributed by atoms with Crippen LogP contribution in [0.2, 0.25) is 0 Å². The van der Waals surface area contributed by atoms with Crippen LogP contribution < -0.4 is 0 Å². The van der Waals surface area contributed by atoms with E-state index in [9.17, 15) is 0 Å². The highest BCUT2D eigenvalue weighted by Gasteiger charge is 2.06. The van der Waals surface area contributed by atoms with Gasteiger partial charge in [-0.15, -0.1) is 0 Å². The lowest BCUT2D eigenvalue weighted by Gasteiger charge is -2.07. The van der Waals surface area contributed by atoms with Gasteiger partial charge in [0.25, 0.3) is 0 Å². The van der Waals surface area contributed by atoms with E-state index in [4.69, 9.17) is 0 Å². The van der Waals surface area contributed by atoms with Crippen molar-refractivity contribution in [1.29, 1.82) is 0 Å². The van der Waals surface area contributed by atoms with Gasteiger partial charge in [-0.05, 0) is 38.2 Å². The number of hydrogen-bond donors (Lipinski definition) is 0. The molecule has 0 saturated heterocycles. The lowest BCUT2D eigenvalue weighted by atomic mass is 10.0. The van der Waals surface area contributed by atoms with Gasteiger partial charge >= 0.3 is 0 Å².